The number of pyridine rings is 1. The minimum Gasteiger partial charge on any atom is -0.391 e. The van der Waals surface area contributed by atoms with Crippen molar-refractivity contribution in [1.29, 1.82) is 0 Å². The third-order valence-electron chi connectivity index (χ3n) is 4.75. The minimum atomic E-state index is -4.53. The Bertz CT molecular complexity index is 1130. The summed E-state index contributed by atoms with van der Waals surface area (Å²) in [6.45, 7) is 4.59. The van der Waals surface area contributed by atoms with E-state index in [1.165, 1.54) is 37.4 Å². The second kappa shape index (κ2) is 7.12. The van der Waals surface area contributed by atoms with Gasteiger partial charge in [-0.05, 0) is 56.2 Å². The van der Waals surface area contributed by atoms with Crippen LogP contribution in [0, 0.1) is 0 Å². The molecule has 6 nitrogen and oxygen atoms in total. The van der Waals surface area contributed by atoms with Crippen LogP contribution in [-0.2, 0) is 16.2 Å². The molecule has 1 unspecified atom stereocenters. The molecule has 0 aliphatic rings. The number of rotatable bonds is 5. The quantitative estimate of drug-likeness (QED) is 0.579. The molecule has 0 saturated heterocycles. The molecular weight excluding hydrogens is 407 g/mol. The SMILES string of the molecule is CC(O)C(C)(C)NS(=O)(=O)c1ccc(-c2ccnc3[nH]c(C(F)(F)F)cc23)cc1. The summed E-state index contributed by atoms with van der Waals surface area (Å²) in [7, 11) is -3.90. The standard InChI is InChI=1S/C19H20F3N3O3S/c1-11(26)18(2,3)25-29(27,28)13-6-4-12(5-7-13)14-8-9-23-17-15(14)10-16(24-17)19(20,21)22/h4-11,25-26H,1-3H3,(H,23,24). The summed E-state index contributed by atoms with van der Waals surface area (Å²) in [6, 6.07) is 8.29. The molecule has 0 aliphatic carbocycles. The molecule has 0 aliphatic heterocycles. The predicted octanol–water partition coefficient (Wildman–Crippen LogP) is 3.69. The van der Waals surface area contributed by atoms with Gasteiger partial charge in [-0.3, -0.25) is 0 Å². The van der Waals surface area contributed by atoms with Gasteiger partial charge in [0.15, 0.2) is 0 Å². The molecule has 1 aromatic carbocycles. The number of nitrogens with one attached hydrogen (secondary N) is 2. The Morgan fingerprint density at radius 3 is 2.31 bits per heavy atom. The number of aliphatic hydroxyl groups is 1. The van der Waals surface area contributed by atoms with Gasteiger partial charge in [0.05, 0.1) is 16.5 Å². The summed E-state index contributed by atoms with van der Waals surface area (Å²) >= 11 is 0. The zero-order chi connectivity index (χ0) is 21.6. The van der Waals surface area contributed by atoms with Gasteiger partial charge in [-0.1, -0.05) is 12.1 Å². The van der Waals surface area contributed by atoms with Gasteiger partial charge in [-0.15, -0.1) is 0 Å². The molecule has 0 bridgehead atoms. The number of hydrogen-bond donors (Lipinski definition) is 3. The van der Waals surface area contributed by atoms with E-state index in [1.807, 2.05) is 0 Å². The van der Waals surface area contributed by atoms with Crippen molar-refractivity contribution in [3.8, 4) is 11.1 Å². The van der Waals surface area contributed by atoms with E-state index < -0.39 is 33.5 Å². The molecule has 10 heteroatoms. The normalized spacial score (nSPS) is 14.3. The Morgan fingerprint density at radius 2 is 1.76 bits per heavy atom. The molecule has 3 aromatic rings. The molecule has 0 amide bonds. The molecule has 1 atom stereocenters. The monoisotopic (exact) mass is 427 g/mol. The summed E-state index contributed by atoms with van der Waals surface area (Å²) in [6.07, 6.45) is -4.07. The van der Waals surface area contributed by atoms with Crippen molar-refractivity contribution < 1.29 is 26.7 Å². The summed E-state index contributed by atoms with van der Waals surface area (Å²) in [5.41, 5.74) is -0.863. The number of fused-ring (bicyclic) bond motifs is 1. The Labute approximate surface area is 165 Å². The van der Waals surface area contributed by atoms with Crippen LogP contribution in [0.15, 0.2) is 47.5 Å². The van der Waals surface area contributed by atoms with Gasteiger partial charge < -0.3 is 10.1 Å². The molecule has 2 heterocycles. The number of aromatic nitrogens is 2. The molecule has 0 fully saturated rings. The molecule has 0 saturated carbocycles. The molecule has 29 heavy (non-hydrogen) atoms. The fourth-order valence-corrected chi connectivity index (χ4v) is 4.21. The molecule has 2 aromatic heterocycles. The summed E-state index contributed by atoms with van der Waals surface area (Å²) in [5, 5.41) is 10.0. The topological polar surface area (TPSA) is 95.1 Å². The molecular formula is C19H20F3N3O3S. The maximum absolute atomic E-state index is 13.0. The number of alkyl halides is 3. The lowest BCUT2D eigenvalue weighted by molar-refractivity contribution is -0.140. The smallest absolute Gasteiger partial charge is 0.391 e. The van der Waals surface area contributed by atoms with Gasteiger partial charge in [0.25, 0.3) is 0 Å². The minimum absolute atomic E-state index is 0.0228. The van der Waals surface area contributed by atoms with E-state index in [4.69, 9.17) is 0 Å². The number of H-pyrrole nitrogens is 1. The molecule has 0 spiro atoms. The summed E-state index contributed by atoms with van der Waals surface area (Å²) < 4.78 is 66.5. The molecule has 156 valence electrons. The molecule has 3 N–H and O–H groups in total. The van der Waals surface area contributed by atoms with Crippen LogP contribution >= 0.6 is 0 Å². The van der Waals surface area contributed by atoms with Crippen molar-refractivity contribution in [3.05, 3.63) is 48.3 Å². The van der Waals surface area contributed by atoms with Crippen LogP contribution in [0.25, 0.3) is 22.2 Å². The number of sulfonamides is 1. The van der Waals surface area contributed by atoms with E-state index in [1.54, 1.807) is 19.9 Å². The summed E-state index contributed by atoms with van der Waals surface area (Å²) in [5.74, 6) is 0. The number of halogens is 3. The van der Waals surface area contributed by atoms with E-state index in [9.17, 15) is 26.7 Å². The van der Waals surface area contributed by atoms with E-state index in [0.717, 1.165) is 6.07 Å². The largest absolute Gasteiger partial charge is 0.431 e. The van der Waals surface area contributed by atoms with Crippen molar-refractivity contribution in [1.82, 2.24) is 14.7 Å². The second-order valence-electron chi connectivity index (χ2n) is 7.33. The maximum Gasteiger partial charge on any atom is 0.431 e. The number of aliphatic hydroxyl groups excluding tert-OH is 1. The number of hydrogen-bond acceptors (Lipinski definition) is 4. The Balaban J connectivity index is 1.98. The van der Waals surface area contributed by atoms with Gasteiger partial charge in [-0.25, -0.2) is 18.1 Å². The van der Waals surface area contributed by atoms with Gasteiger partial charge >= 0.3 is 6.18 Å². The number of benzene rings is 1. The van der Waals surface area contributed by atoms with Gasteiger partial charge in [0.1, 0.15) is 11.3 Å². The van der Waals surface area contributed by atoms with Crippen LogP contribution < -0.4 is 4.72 Å². The molecule has 3 rings (SSSR count). The second-order valence-corrected chi connectivity index (χ2v) is 9.01. The van der Waals surface area contributed by atoms with E-state index in [2.05, 4.69) is 14.7 Å². The Kier molecular flexibility index (Phi) is 5.22. The van der Waals surface area contributed by atoms with Crippen LogP contribution in [0.4, 0.5) is 13.2 Å². The fourth-order valence-electron chi connectivity index (χ4n) is 2.74. The van der Waals surface area contributed by atoms with Crippen molar-refractivity contribution in [2.75, 3.05) is 0 Å². The van der Waals surface area contributed by atoms with Gasteiger partial charge in [0, 0.05) is 11.6 Å². The third kappa shape index (κ3) is 4.29. The van der Waals surface area contributed by atoms with Gasteiger partial charge in [-0.2, -0.15) is 13.2 Å². The van der Waals surface area contributed by atoms with E-state index in [0.29, 0.717) is 11.1 Å². The number of nitrogens with zero attached hydrogens (tertiary/aromatic N) is 1. The highest BCUT2D eigenvalue weighted by Crippen LogP contribution is 2.34. The van der Waals surface area contributed by atoms with Crippen LogP contribution in [0.3, 0.4) is 0 Å². The average Bonchev–Trinajstić information content (AvgIpc) is 3.05. The first-order chi connectivity index (χ1) is 13.3. The lowest BCUT2D eigenvalue weighted by Crippen LogP contribution is -2.50. The zero-order valence-electron chi connectivity index (χ0n) is 15.9. The van der Waals surface area contributed by atoms with Crippen LogP contribution in [0.1, 0.15) is 26.5 Å². The van der Waals surface area contributed by atoms with Gasteiger partial charge in [0.2, 0.25) is 10.0 Å². The predicted molar refractivity (Wildman–Crippen MR) is 103 cm³/mol. The first-order valence-electron chi connectivity index (χ1n) is 8.69. The van der Waals surface area contributed by atoms with E-state index >= 15 is 0 Å². The van der Waals surface area contributed by atoms with Crippen LogP contribution in [-0.4, -0.2) is 35.1 Å². The maximum atomic E-state index is 13.0. The van der Waals surface area contributed by atoms with Crippen LogP contribution in [0.5, 0.6) is 0 Å². The average molecular weight is 427 g/mol. The van der Waals surface area contributed by atoms with E-state index in [-0.39, 0.29) is 15.9 Å². The highest BCUT2D eigenvalue weighted by atomic mass is 32.2. The number of aromatic amines is 1. The lowest BCUT2D eigenvalue weighted by Gasteiger charge is -2.28. The van der Waals surface area contributed by atoms with Crippen molar-refractivity contribution in [2.24, 2.45) is 0 Å². The third-order valence-corrected chi connectivity index (χ3v) is 6.44. The fraction of sp³-hybridized carbons (Fsp3) is 0.316. The van der Waals surface area contributed by atoms with Crippen LogP contribution in [0.2, 0.25) is 0 Å². The first kappa shape index (κ1) is 21.3. The Hall–Kier alpha value is -2.43. The first-order valence-corrected chi connectivity index (χ1v) is 10.2. The van der Waals surface area contributed by atoms with Crippen molar-refractivity contribution in [2.45, 2.75) is 43.5 Å². The van der Waals surface area contributed by atoms with Crippen molar-refractivity contribution in [3.63, 3.8) is 0 Å². The lowest BCUT2D eigenvalue weighted by atomic mass is 10.0. The summed E-state index contributed by atoms with van der Waals surface area (Å²) in [4.78, 5) is 6.16. The highest BCUT2D eigenvalue weighted by molar-refractivity contribution is 7.89. The van der Waals surface area contributed by atoms with Crippen molar-refractivity contribution >= 4 is 21.1 Å². The zero-order valence-corrected chi connectivity index (χ0v) is 16.7. The highest BCUT2D eigenvalue weighted by Gasteiger charge is 2.33. The molecule has 0 radical (unpaired) electrons. The Morgan fingerprint density at radius 1 is 1.14 bits per heavy atom.